The maximum absolute atomic E-state index is 14.4. The highest BCUT2D eigenvalue weighted by Crippen LogP contribution is 2.50. The lowest BCUT2D eigenvalue weighted by Gasteiger charge is -2.25. The van der Waals surface area contributed by atoms with Crippen LogP contribution in [0.5, 0.6) is 34.5 Å². The second-order valence-electron chi connectivity index (χ2n) is 11.8. The number of hydrogen-bond donors (Lipinski definition) is 6. The van der Waals surface area contributed by atoms with Crippen LogP contribution in [0.2, 0.25) is 0 Å². The Morgan fingerprint density at radius 1 is 0.345 bits per heavy atom. The SMILES string of the molecule is O=C1c2cc(OCCOCCOCCO)c(O)c(OCCOCCOCCO)c2C(=O)c2cc(OCCOCCOCCO)c(O)c(OCCOCCOCCO)c21. The Morgan fingerprint density at radius 2 is 0.586 bits per heavy atom. The van der Waals surface area contributed by atoms with E-state index in [4.69, 9.17) is 77.3 Å². The zero-order valence-corrected chi connectivity index (χ0v) is 32.5. The standard InChI is InChI=1S/C38H56O20/c39-1-5-47-9-13-51-17-21-55-29-25-27-31(37(35(29)45)57-23-19-53-15-11-49-7-3-41)34(44)28-26-30(56-22-18-52-14-10-48-6-2-40)36(46)38(32(28)33(27)43)58-24-20-54-16-12-50-8-4-42/h25-26,39-42,45-46H,1-24H2. The van der Waals surface area contributed by atoms with Crippen LogP contribution in [0.15, 0.2) is 12.1 Å². The second-order valence-corrected chi connectivity index (χ2v) is 11.8. The minimum absolute atomic E-state index is 0.00180. The average molecular weight is 833 g/mol. The summed E-state index contributed by atoms with van der Waals surface area (Å²) in [5.74, 6) is -3.71. The van der Waals surface area contributed by atoms with Crippen molar-refractivity contribution in [1.29, 1.82) is 0 Å². The summed E-state index contributed by atoms with van der Waals surface area (Å²) in [5, 5.41) is 58.2. The third kappa shape index (κ3) is 16.0. The number of ether oxygens (including phenoxy) is 12. The minimum Gasteiger partial charge on any atom is -0.502 e. The lowest BCUT2D eigenvalue weighted by molar-refractivity contribution is 0.0235. The van der Waals surface area contributed by atoms with Gasteiger partial charge < -0.3 is 87.5 Å². The van der Waals surface area contributed by atoms with Gasteiger partial charge in [-0.05, 0) is 12.1 Å². The van der Waals surface area contributed by atoms with Crippen molar-refractivity contribution in [2.75, 3.05) is 159 Å². The lowest BCUT2D eigenvalue weighted by Crippen LogP contribution is -2.25. The van der Waals surface area contributed by atoms with Crippen molar-refractivity contribution in [1.82, 2.24) is 0 Å². The van der Waals surface area contributed by atoms with Gasteiger partial charge in [0.05, 0.1) is 143 Å². The molecule has 0 atom stereocenters. The molecule has 2 aromatic rings. The second kappa shape index (κ2) is 29.3. The van der Waals surface area contributed by atoms with E-state index in [0.29, 0.717) is 0 Å². The van der Waals surface area contributed by atoms with Crippen LogP contribution in [0, 0.1) is 0 Å². The molecule has 6 N–H and O–H groups in total. The largest absolute Gasteiger partial charge is 0.502 e. The number of rotatable bonds is 36. The number of carbonyl (C=O) groups excluding carboxylic acids is 2. The normalized spacial score (nSPS) is 12.1. The summed E-state index contributed by atoms with van der Waals surface area (Å²) in [5.41, 5.74) is -0.954. The Hall–Kier alpha value is -3.90. The summed E-state index contributed by atoms with van der Waals surface area (Å²) < 4.78 is 65.9. The fourth-order valence-corrected chi connectivity index (χ4v) is 5.20. The number of aliphatic hydroxyl groups is 4. The van der Waals surface area contributed by atoms with E-state index in [0.717, 1.165) is 0 Å². The molecular formula is C38H56O20. The third-order valence-corrected chi connectivity index (χ3v) is 7.73. The summed E-state index contributed by atoms with van der Waals surface area (Å²) in [6.45, 7) is 1.38. The van der Waals surface area contributed by atoms with Gasteiger partial charge in [0.2, 0.25) is 11.5 Å². The van der Waals surface area contributed by atoms with Crippen LogP contribution in [-0.4, -0.2) is 201 Å². The Balaban J connectivity index is 1.90. The first kappa shape index (κ1) is 48.5. The first-order chi connectivity index (χ1) is 28.4. The third-order valence-electron chi connectivity index (χ3n) is 7.73. The molecule has 0 amide bonds. The van der Waals surface area contributed by atoms with E-state index in [-0.39, 0.29) is 204 Å². The predicted octanol–water partition coefficient (Wildman–Crippen LogP) is -0.510. The number of aliphatic hydroxyl groups excluding tert-OH is 4. The van der Waals surface area contributed by atoms with E-state index in [9.17, 15) is 19.8 Å². The molecule has 0 unspecified atom stereocenters. The van der Waals surface area contributed by atoms with Crippen molar-refractivity contribution in [3.05, 3.63) is 34.4 Å². The van der Waals surface area contributed by atoms with Gasteiger partial charge in [0, 0.05) is 11.1 Å². The van der Waals surface area contributed by atoms with E-state index in [1.54, 1.807) is 0 Å². The number of fused-ring (bicyclic) bond motifs is 2. The zero-order valence-electron chi connectivity index (χ0n) is 32.5. The van der Waals surface area contributed by atoms with E-state index >= 15 is 0 Å². The molecule has 328 valence electrons. The summed E-state index contributed by atoms with van der Waals surface area (Å²) >= 11 is 0. The number of aromatic hydroxyl groups is 2. The van der Waals surface area contributed by atoms with Crippen molar-refractivity contribution in [2.24, 2.45) is 0 Å². The average Bonchev–Trinajstić information content (AvgIpc) is 3.22. The molecule has 0 saturated heterocycles. The molecule has 0 aromatic heterocycles. The smallest absolute Gasteiger partial charge is 0.201 e. The maximum Gasteiger partial charge on any atom is 0.201 e. The fourth-order valence-electron chi connectivity index (χ4n) is 5.20. The molecule has 20 nitrogen and oxygen atoms in total. The van der Waals surface area contributed by atoms with Crippen LogP contribution >= 0.6 is 0 Å². The van der Waals surface area contributed by atoms with Crippen molar-refractivity contribution >= 4 is 11.6 Å². The van der Waals surface area contributed by atoms with Crippen LogP contribution in [0.3, 0.4) is 0 Å². The molecule has 0 heterocycles. The highest BCUT2D eigenvalue weighted by atomic mass is 16.6. The molecule has 3 rings (SSSR count). The molecule has 1 aliphatic rings. The Labute approximate surface area is 335 Å². The van der Waals surface area contributed by atoms with Crippen molar-refractivity contribution < 1.29 is 97.1 Å². The van der Waals surface area contributed by atoms with Gasteiger partial charge in [-0.15, -0.1) is 0 Å². The molecule has 20 heteroatoms. The van der Waals surface area contributed by atoms with Gasteiger partial charge in [-0.1, -0.05) is 0 Å². The summed E-state index contributed by atoms with van der Waals surface area (Å²) in [7, 11) is 0. The first-order valence-electron chi connectivity index (χ1n) is 18.9. The van der Waals surface area contributed by atoms with Gasteiger partial charge in [-0.3, -0.25) is 9.59 Å². The van der Waals surface area contributed by atoms with Crippen LogP contribution in [0.25, 0.3) is 0 Å². The van der Waals surface area contributed by atoms with E-state index in [1.807, 2.05) is 0 Å². The highest BCUT2D eigenvalue weighted by molar-refractivity contribution is 6.31. The lowest BCUT2D eigenvalue weighted by atomic mass is 9.82. The van der Waals surface area contributed by atoms with E-state index in [2.05, 4.69) is 0 Å². The van der Waals surface area contributed by atoms with Crippen LogP contribution < -0.4 is 18.9 Å². The molecule has 58 heavy (non-hydrogen) atoms. The first-order valence-corrected chi connectivity index (χ1v) is 18.9. The highest BCUT2D eigenvalue weighted by Gasteiger charge is 2.40. The molecule has 2 aromatic carbocycles. The number of carbonyl (C=O) groups is 2. The summed E-state index contributed by atoms with van der Waals surface area (Å²) in [4.78, 5) is 28.8. The fraction of sp³-hybridized carbons (Fsp3) is 0.632. The zero-order chi connectivity index (χ0) is 41.8. The van der Waals surface area contributed by atoms with Crippen molar-refractivity contribution in [2.45, 2.75) is 0 Å². The molecule has 0 saturated carbocycles. The number of phenols is 2. The number of benzene rings is 2. The monoisotopic (exact) mass is 832 g/mol. The van der Waals surface area contributed by atoms with Gasteiger partial charge >= 0.3 is 0 Å². The van der Waals surface area contributed by atoms with Gasteiger partial charge in [-0.2, -0.15) is 0 Å². The Kier molecular flexibility index (Phi) is 24.5. The Bertz CT molecular complexity index is 1380. The minimum atomic E-state index is -0.754. The molecule has 0 aliphatic heterocycles. The van der Waals surface area contributed by atoms with Crippen LogP contribution in [-0.2, 0) is 37.9 Å². The number of phenolic OH excluding ortho intramolecular Hbond substituents is 2. The molecule has 0 spiro atoms. The number of ketones is 2. The topological polar surface area (TPSA) is 266 Å². The molecule has 0 bridgehead atoms. The maximum atomic E-state index is 14.4. The van der Waals surface area contributed by atoms with Crippen LogP contribution in [0.1, 0.15) is 31.8 Å². The molecule has 0 radical (unpaired) electrons. The quantitative estimate of drug-likeness (QED) is 0.0403. The molecular weight excluding hydrogens is 776 g/mol. The van der Waals surface area contributed by atoms with E-state index in [1.165, 1.54) is 12.1 Å². The van der Waals surface area contributed by atoms with Gasteiger partial charge in [-0.25, -0.2) is 0 Å². The summed E-state index contributed by atoms with van der Waals surface area (Å²) in [6.07, 6.45) is 0. The molecule has 0 fully saturated rings. The van der Waals surface area contributed by atoms with Gasteiger partial charge in [0.15, 0.2) is 34.6 Å². The van der Waals surface area contributed by atoms with Gasteiger partial charge in [0.1, 0.15) is 26.4 Å². The van der Waals surface area contributed by atoms with Crippen molar-refractivity contribution in [3.8, 4) is 34.5 Å². The molecule has 1 aliphatic carbocycles. The summed E-state index contributed by atoms with van der Waals surface area (Å²) in [6, 6.07) is 2.39. The van der Waals surface area contributed by atoms with Gasteiger partial charge in [0.25, 0.3) is 0 Å². The van der Waals surface area contributed by atoms with E-state index < -0.39 is 23.1 Å². The van der Waals surface area contributed by atoms with Crippen molar-refractivity contribution in [3.63, 3.8) is 0 Å². The number of hydrogen-bond acceptors (Lipinski definition) is 20. The Morgan fingerprint density at radius 3 is 0.862 bits per heavy atom. The predicted molar refractivity (Wildman–Crippen MR) is 200 cm³/mol. The van der Waals surface area contributed by atoms with Crippen LogP contribution in [0.4, 0.5) is 0 Å².